The summed E-state index contributed by atoms with van der Waals surface area (Å²) < 4.78 is 11.1. The van der Waals surface area contributed by atoms with Crippen LogP contribution in [0.3, 0.4) is 0 Å². The van der Waals surface area contributed by atoms with E-state index in [1.807, 2.05) is 0 Å². The second-order valence-electron chi connectivity index (χ2n) is 9.28. The summed E-state index contributed by atoms with van der Waals surface area (Å²) >= 11 is 0. The fourth-order valence-corrected chi connectivity index (χ4v) is 5.38. The molecule has 0 N–H and O–H groups in total. The Morgan fingerprint density at radius 3 is 2.50 bits per heavy atom. The predicted molar refractivity (Wildman–Crippen MR) is 110 cm³/mol. The number of Topliss-reactive ketones (excluding diaryl/α,β-unsaturated/α-hetero) is 2. The van der Waals surface area contributed by atoms with E-state index in [9.17, 15) is 19.2 Å². The molecule has 2 aliphatic heterocycles. The van der Waals surface area contributed by atoms with Crippen molar-refractivity contribution in [3.05, 3.63) is 23.8 Å². The molecule has 0 aromatic heterocycles. The van der Waals surface area contributed by atoms with Crippen LogP contribution in [0.5, 0.6) is 0 Å². The van der Waals surface area contributed by atoms with Crippen LogP contribution in [-0.2, 0) is 23.9 Å². The summed E-state index contributed by atoms with van der Waals surface area (Å²) in [5.41, 5.74) is -3.17. The topological polar surface area (TPSA) is 90.0 Å². The largest absolute Gasteiger partial charge is 0.510 e. The van der Waals surface area contributed by atoms with Crippen molar-refractivity contribution < 1.29 is 28.7 Å². The Balaban J connectivity index is 2.26. The number of ether oxygens (including phenoxy) is 2. The zero-order valence-electron chi connectivity index (χ0n) is 18.5. The highest BCUT2D eigenvalue weighted by Gasteiger charge is 2.75. The first-order valence-corrected chi connectivity index (χ1v) is 10.6. The molecule has 1 aliphatic carbocycles. The molecule has 3 aliphatic rings. The van der Waals surface area contributed by atoms with Gasteiger partial charge in [0.2, 0.25) is 11.7 Å². The lowest BCUT2D eigenvalue weighted by atomic mass is 9.72. The number of amides is 1. The van der Waals surface area contributed by atoms with Crippen LogP contribution in [0.2, 0.25) is 0 Å². The average molecular weight is 418 g/mol. The van der Waals surface area contributed by atoms with Crippen molar-refractivity contribution in [2.24, 2.45) is 0 Å². The first-order chi connectivity index (χ1) is 14.0. The Bertz CT molecular complexity index is 850. The number of hydrogen-bond donors (Lipinski definition) is 0. The lowest BCUT2D eigenvalue weighted by molar-refractivity contribution is -0.169. The number of carbonyl (C=O) groups excluding carboxylic acids is 4. The first kappa shape index (κ1) is 22.2. The van der Waals surface area contributed by atoms with E-state index in [0.29, 0.717) is 37.7 Å². The van der Waals surface area contributed by atoms with Gasteiger partial charge in [0.05, 0.1) is 6.04 Å². The van der Waals surface area contributed by atoms with Crippen molar-refractivity contribution in [1.82, 2.24) is 4.90 Å². The van der Waals surface area contributed by atoms with Crippen LogP contribution in [0.1, 0.15) is 73.1 Å². The Morgan fingerprint density at radius 2 is 1.93 bits per heavy atom. The third kappa shape index (κ3) is 2.93. The van der Waals surface area contributed by atoms with Crippen molar-refractivity contribution in [2.75, 3.05) is 0 Å². The maximum Gasteiger partial charge on any atom is 0.510 e. The fourth-order valence-electron chi connectivity index (χ4n) is 5.38. The van der Waals surface area contributed by atoms with Gasteiger partial charge in [0.15, 0.2) is 5.78 Å². The third-order valence-electron chi connectivity index (χ3n) is 6.44. The van der Waals surface area contributed by atoms with Crippen LogP contribution < -0.4 is 0 Å². The maximum absolute atomic E-state index is 13.7. The van der Waals surface area contributed by atoms with Gasteiger partial charge < -0.3 is 14.4 Å². The highest BCUT2D eigenvalue weighted by atomic mass is 16.7. The third-order valence-corrected chi connectivity index (χ3v) is 6.44. The van der Waals surface area contributed by atoms with E-state index in [1.165, 1.54) is 0 Å². The van der Waals surface area contributed by atoms with Gasteiger partial charge in [-0.25, -0.2) is 4.79 Å². The van der Waals surface area contributed by atoms with E-state index in [2.05, 4.69) is 6.58 Å². The molecule has 3 rings (SSSR count). The molecular weight excluding hydrogens is 386 g/mol. The zero-order valence-corrected chi connectivity index (χ0v) is 18.5. The molecule has 7 heteroatoms. The van der Waals surface area contributed by atoms with Crippen LogP contribution in [0.15, 0.2) is 23.8 Å². The lowest BCUT2D eigenvalue weighted by Crippen LogP contribution is -2.70. The standard InChI is InChI=1S/C23H31NO6/c1-7-15-12-13-22-16(10-9-11-18(26)24(15)22)14(3)19(27)23(22,17(25)8-2)30-20(28)29-21(4,5)6/h7,15H,1,8-13H2,2-6H3/t15-,22-,23-/m0/s1. The molecule has 0 aromatic rings. The second-order valence-corrected chi connectivity index (χ2v) is 9.28. The molecule has 1 spiro atoms. The van der Waals surface area contributed by atoms with Crippen LogP contribution in [0.4, 0.5) is 4.79 Å². The van der Waals surface area contributed by atoms with Gasteiger partial charge in [0.25, 0.3) is 5.60 Å². The van der Waals surface area contributed by atoms with Gasteiger partial charge in [0.1, 0.15) is 11.1 Å². The molecule has 2 fully saturated rings. The van der Waals surface area contributed by atoms with Gasteiger partial charge in [-0.2, -0.15) is 0 Å². The van der Waals surface area contributed by atoms with Crippen LogP contribution in [0.25, 0.3) is 0 Å². The summed E-state index contributed by atoms with van der Waals surface area (Å²) in [5.74, 6) is -1.22. The summed E-state index contributed by atoms with van der Waals surface area (Å²) in [6.07, 6.45) is 2.83. The number of nitrogens with zero attached hydrogens (tertiary/aromatic N) is 1. The quantitative estimate of drug-likeness (QED) is 0.394. The van der Waals surface area contributed by atoms with E-state index < -0.39 is 34.5 Å². The zero-order chi connectivity index (χ0) is 22.5. The molecule has 2 heterocycles. The van der Waals surface area contributed by atoms with Crippen molar-refractivity contribution in [3.63, 3.8) is 0 Å². The number of ketones is 2. The molecule has 0 bridgehead atoms. The van der Waals surface area contributed by atoms with Crippen molar-refractivity contribution in [1.29, 1.82) is 0 Å². The molecule has 30 heavy (non-hydrogen) atoms. The minimum Gasteiger partial charge on any atom is -0.429 e. The van der Waals surface area contributed by atoms with E-state index in [1.54, 1.807) is 45.6 Å². The van der Waals surface area contributed by atoms with E-state index in [-0.39, 0.29) is 18.4 Å². The summed E-state index contributed by atoms with van der Waals surface area (Å²) in [6.45, 7) is 12.2. The van der Waals surface area contributed by atoms with Crippen LogP contribution in [0, 0.1) is 0 Å². The van der Waals surface area contributed by atoms with Gasteiger partial charge in [0, 0.05) is 12.8 Å². The molecule has 164 valence electrons. The van der Waals surface area contributed by atoms with Gasteiger partial charge in [-0.3, -0.25) is 14.4 Å². The molecule has 0 radical (unpaired) electrons. The minimum atomic E-state index is -2.12. The monoisotopic (exact) mass is 417 g/mol. The highest BCUT2D eigenvalue weighted by molar-refractivity contribution is 6.23. The van der Waals surface area contributed by atoms with Crippen molar-refractivity contribution in [3.8, 4) is 0 Å². The van der Waals surface area contributed by atoms with Gasteiger partial charge in [-0.15, -0.1) is 6.58 Å². The number of carbonyl (C=O) groups is 4. The normalized spacial score (nSPS) is 31.2. The Hall–Kier alpha value is -2.44. The molecule has 0 saturated carbocycles. The molecule has 0 unspecified atom stereocenters. The SMILES string of the molecule is C=C[C@H]1CC[C@]23C(=C(C)C(=O)[C@@]2(OC(=O)OC(C)(C)C)C(=O)CC)CCCC(=O)N13. The summed E-state index contributed by atoms with van der Waals surface area (Å²) in [6, 6.07) is -0.337. The van der Waals surface area contributed by atoms with Gasteiger partial charge in [-0.05, 0) is 64.5 Å². The van der Waals surface area contributed by atoms with Crippen LogP contribution in [-0.4, -0.2) is 51.3 Å². The maximum atomic E-state index is 13.7. The van der Waals surface area contributed by atoms with Crippen molar-refractivity contribution in [2.45, 2.75) is 95.9 Å². The van der Waals surface area contributed by atoms with Crippen molar-refractivity contribution >= 4 is 23.6 Å². The van der Waals surface area contributed by atoms with Gasteiger partial charge in [-0.1, -0.05) is 13.0 Å². The van der Waals surface area contributed by atoms with E-state index >= 15 is 0 Å². The minimum absolute atomic E-state index is 0.0162. The molecular formula is C23H31NO6. The van der Waals surface area contributed by atoms with Gasteiger partial charge >= 0.3 is 6.16 Å². The molecule has 3 atom stereocenters. The second kappa shape index (κ2) is 7.36. The molecule has 0 aromatic carbocycles. The first-order valence-electron chi connectivity index (χ1n) is 10.6. The number of hydrogen-bond acceptors (Lipinski definition) is 6. The molecule has 2 saturated heterocycles. The highest BCUT2D eigenvalue weighted by Crippen LogP contribution is 2.58. The average Bonchev–Trinajstić information content (AvgIpc) is 3.07. The Morgan fingerprint density at radius 1 is 1.27 bits per heavy atom. The Labute approximate surface area is 177 Å². The lowest BCUT2D eigenvalue weighted by Gasteiger charge is -2.47. The smallest absolute Gasteiger partial charge is 0.429 e. The Kier molecular flexibility index (Phi) is 5.46. The molecule has 1 amide bonds. The van der Waals surface area contributed by atoms with Crippen LogP contribution >= 0.6 is 0 Å². The van der Waals surface area contributed by atoms with E-state index in [4.69, 9.17) is 9.47 Å². The summed E-state index contributed by atoms with van der Waals surface area (Å²) in [5, 5.41) is 0. The summed E-state index contributed by atoms with van der Waals surface area (Å²) in [4.78, 5) is 54.7. The number of rotatable bonds is 4. The predicted octanol–water partition coefficient (Wildman–Crippen LogP) is 3.65. The molecule has 7 nitrogen and oxygen atoms in total. The van der Waals surface area contributed by atoms with E-state index in [0.717, 1.165) is 5.57 Å². The summed E-state index contributed by atoms with van der Waals surface area (Å²) in [7, 11) is 0. The fraction of sp³-hybridized carbons (Fsp3) is 0.652.